The van der Waals surface area contributed by atoms with E-state index in [4.69, 9.17) is 16.3 Å². The molecule has 0 atom stereocenters. The first kappa shape index (κ1) is 12.1. The molecular weight excluding hydrogens is 242 g/mol. The largest absolute Gasteiger partial charge is 0.380 e. The Morgan fingerprint density at radius 1 is 1.35 bits per heavy atom. The molecule has 0 fully saturated rings. The standard InChI is InChI=1S/C12H12ClNO3/c1-2-17-7-6-14-9-5-3-4-8(13)10(9)11(15)12(14)16/h3-5H,2,6-7H2,1H3. The van der Waals surface area contributed by atoms with E-state index < -0.39 is 11.7 Å². The van der Waals surface area contributed by atoms with Crippen LogP contribution in [0.4, 0.5) is 5.69 Å². The Morgan fingerprint density at radius 2 is 2.12 bits per heavy atom. The Labute approximate surface area is 104 Å². The third kappa shape index (κ3) is 2.06. The van der Waals surface area contributed by atoms with E-state index in [1.807, 2.05) is 6.92 Å². The van der Waals surface area contributed by atoms with Crippen LogP contribution >= 0.6 is 11.6 Å². The summed E-state index contributed by atoms with van der Waals surface area (Å²) in [5.41, 5.74) is 0.878. The van der Waals surface area contributed by atoms with Gasteiger partial charge in [-0.2, -0.15) is 0 Å². The minimum atomic E-state index is -0.540. The van der Waals surface area contributed by atoms with Crippen molar-refractivity contribution in [1.82, 2.24) is 0 Å². The quantitative estimate of drug-likeness (QED) is 0.608. The van der Waals surface area contributed by atoms with E-state index in [-0.39, 0.29) is 0 Å². The van der Waals surface area contributed by atoms with Crippen LogP contribution in [0.15, 0.2) is 18.2 Å². The Hall–Kier alpha value is -1.39. The number of benzene rings is 1. The lowest BCUT2D eigenvalue weighted by Gasteiger charge is -2.16. The van der Waals surface area contributed by atoms with Crippen molar-refractivity contribution in [1.29, 1.82) is 0 Å². The Morgan fingerprint density at radius 3 is 2.82 bits per heavy atom. The second kappa shape index (κ2) is 4.85. The number of amides is 1. The van der Waals surface area contributed by atoms with Crippen molar-refractivity contribution >= 4 is 29.0 Å². The summed E-state index contributed by atoms with van der Waals surface area (Å²) < 4.78 is 5.19. The molecule has 0 aromatic heterocycles. The van der Waals surface area contributed by atoms with Gasteiger partial charge in [-0.1, -0.05) is 17.7 Å². The minimum absolute atomic E-state index is 0.302. The van der Waals surface area contributed by atoms with Gasteiger partial charge in [-0.25, -0.2) is 0 Å². The molecule has 0 N–H and O–H groups in total. The molecule has 0 unspecified atom stereocenters. The number of nitrogens with zero attached hydrogens (tertiary/aromatic N) is 1. The van der Waals surface area contributed by atoms with Crippen LogP contribution in [0.1, 0.15) is 17.3 Å². The number of carbonyl (C=O) groups excluding carboxylic acids is 2. The van der Waals surface area contributed by atoms with Gasteiger partial charge in [-0.15, -0.1) is 0 Å². The Kier molecular flexibility index (Phi) is 3.45. The van der Waals surface area contributed by atoms with Crippen LogP contribution in [-0.2, 0) is 9.53 Å². The number of rotatable bonds is 4. The molecule has 1 amide bonds. The number of anilines is 1. The molecule has 1 heterocycles. The number of carbonyl (C=O) groups is 2. The summed E-state index contributed by atoms with van der Waals surface area (Å²) in [6.07, 6.45) is 0. The van der Waals surface area contributed by atoms with E-state index in [1.54, 1.807) is 18.2 Å². The molecule has 1 aliphatic rings. The highest BCUT2D eigenvalue weighted by molar-refractivity contribution is 6.55. The number of Topliss-reactive ketones (excluding diaryl/α,β-unsaturated/α-hetero) is 1. The van der Waals surface area contributed by atoms with Crippen molar-refractivity contribution in [2.45, 2.75) is 6.92 Å². The van der Waals surface area contributed by atoms with Crippen LogP contribution in [0.5, 0.6) is 0 Å². The highest BCUT2D eigenvalue weighted by Gasteiger charge is 2.36. The van der Waals surface area contributed by atoms with E-state index in [1.165, 1.54) is 4.90 Å². The molecule has 0 bridgehead atoms. The van der Waals surface area contributed by atoms with Gasteiger partial charge in [0, 0.05) is 13.2 Å². The van der Waals surface area contributed by atoms with Gasteiger partial charge in [-0.3, -0.25) is 9.59 Å². The summed E-state index contributed by atoms with van der Waals surface area (Å²) in [6, 6.07) is 5.05. The number of ketones is 1. The van der Waals surface area contributed by atoms with Gasteiger partial charge in [0.05, 0.1) is 22.9 Å². The van der Waals surface area contributed by atoms with Crippen molar-refractivity contribution < 1.29 is 14.3 Å². The first-order chi connectivity index (χ1) is 8.16. The molecule has 90 valence electrons. The van der Waals surface area contributed by atoms with Gasteiger partial charge in [0.25, 0.3) is 11.7 Å². The lowest BCUT2D eigenvalue weighted by Crippen LogP contribution is -2.32. The van der Waals surface area contributed by atoms with Crippen LogP contribution in [0.3, 0.4) is 0 Å². The molecule has 1 aliphatic heterocycles. The van der Waals surface area contributed by atoms with E-state index in [0.717, 1.165) is 0 Å². The third-order valence-electron chi connectivity index (χ3n) is 2.61. The maximum atomic E-state index is 11.8. The topological polar surface area (TPSA) is 46.6 Å². The van der Waals surface area contributed by atoms with E-state index in [2.05, 4.69) is 0 Å². The van der Waals surface area contributed by atoms with Gasteiger partial charge in [0.15, 0.2) is 0 Å². The molecule has 0 spiro atoms. The molecule has 1 aromatic rings. The summed E-state index contributed by atoms with van der Waals surface area (Å²) in [4.78, 5) is 24.9. The predicted molar refractivity (Wildman–Crippen MR) is 64.6 cm³/mol. The number of hydrogen-bond donors (Lipinski definition) is 0. The monoisotopic (exact) mass is 253 g/mol. The fraction of sp³-hybridized carbons (Fsp3) is 0.333. The molecule has 0 saturated heterocycles. The molecule has 1 aromatic carbocycles. The van der Waals surface area contributed by atoms with Gasteiger partial charge in [-0.05, 0) is 19.1 Å². The van der Waals surface area contributed by atoms with E-state index >= 15 is 0 Å². The van der Waals surface area contributed by atoms with Crippen molar-refractivity contribution in [3.8, 4) is 0 Å². The zero-order valence-corrected chi connectivity index (χ0v) is 10.2. The number of hydrogen-bond acceptors (Lipinski definition) is 3. The second-order valence-electron chi connectivity index (χ2n) is 3.62. The molecule has 17 heavy (non-hydrogen) atoms. The summed E-state index contributed by atoms with van der Waals surface area (Å²) in [6.45, 7) is 3.23. The Bertz CT molecular complexity index is 473. The van der Waals surface area contributed by atoms with Crippen LogP contribution in [0, 0.1) is 0 Å². The van der Waals surface area contributed by atoms with Crippen LogP contribution in [0.25, 0.3) is 0 Å². The predicted octanol–water partition coefficient (Wildman–Crippen LogP) is 1.91. The molecule has 5 heteroatoms. The Balaban J connectivity index is 2.29. The van der Waals surface area contributed by atoms with Crippen LogP contribution in [-0.4, -0.2) is 31.4 Å². The van der Waals surface area contributed by atoms with Crippen molar-refractivity contribution in [2.24, 2.45) is 0 Å². The zero-order chi connectivity index (χ0) is 12.4. The maximum Gasteiger partial charge on any atom is 0.299 e. The first-order valence-corrected chi connectivity index (χ1v) is 5.77. The van der Waals surface area contributed by atoms with Crippen LogP contribution < -0.4 is 4.90 Å². The normalized spacial score (nSPS) is 14.4. The van der Waals surface area contributed by atoms with Crippen molar-refractivity contribution in [3.05, 3.63) is 28.8 Å². The van der Waals surface area contributed by atoms with Crippen molar-refractivity contribution in [3.63, 3.8) is 0 Å². The molecule has 4 nitrogen and oxygen atoms in total. The average molecular weight is 254 g/mol. The maximum absolute atomic E-state index is 11.8. The van der Waals surface area contributed by atoms with E-state index in [0.29, 0.717) is 36.0 Å². The van der Waals surface area contributed by atoms with Gasteiger partial charge >= 0.3 is 0 Å². The van der Waals surface area contributed by atoms with Crippen LogP contribution in [0.2, 0.25) is 5.02 Å². The first-order valence-electron chi connectivity index (χ1n) is 5.39. The molecule has 0 radical (unpaired) electrons. The average Bonchev–Trinajstić information content (AvgIpc) is 2.55. The molecule has 0 aliphatic carbocycles. The fourth-order valence-corrected chi connectivity index (χ4v) is 2.08. The highest BCUT2D eigenvalue weighted by atomic mass is 35.5. The van der Waals surface area contributed by atoms with Crippen molar-refractivity contribution in [2.75, 3.05) is 24.7 Å². The lowest BCUT2D eigenvalue weighted by molar-refractivity contribution is -0.114. The SMILES string of the molecule is CCOCCN1C(=O)C(=O)c2c(Cl)cccc21. The lowest BCUT2D eigenvalue weighted by atomic mass is 10.1. The summed E-state index contributed by atoms with van der Waals surface area (Å²) >= 11 is 5.93. The summed E-state index contributed by atoms with van der Waals surface area (Å²) in [7, 11) is 0. The van der Waals surface area contributed by atoms with Gasteiger partial charge < -0.3 is 9.64 Å². The molecule has 2 rings (SSSR count). The fourth-order valence-electron chi connectivity index (χ4n) is 1.82. The summed E-state index contributed by atoms with van der Waals surface area (Å²) in [5.74, 6) is -1.07. The van der Waals surface area contributed by atoms with Gasteiger partial charge in [0.2, 0.25) is 0 Å². The second-order valence-corrected chi connectivity index (χ2v) is 4.02. The number of fused-ring (bicyclic) bond motifs is 1. The minimum Gasteiger partial charge on any atom is -0.380 e. The third-order valence-corrected chi connectivity index (χ3v) is 2.93. The number of ether oxygens (including phenoxy) is 1. The highest BCUT2D eigenvalue weighted by Crippen LogP contribution is 2.33. The summed E-state index contributed by atoms with van der Waals surface area (Å²) in [5, 5.41) is 0.319. The zero-order valence-electron chi connectivity index (χ0n) is 9.40. The number of halogens is 1. The smallest absolute Gasteiger partial charge is 0.299 e. The molecular formula is C12H12ClNO3. The molecule has 0 saturated carbocycles. The van der Waals surface area contributed by atoms with E-state index in [9.17, 15) is 9.59 Å². The van der Waals surface area contributed by atoms with Gasteiger partial charge in [0.1, 0.15) is 0 Å².